The number of amides is 1. The largest absolute Gasteiger partial charge is 0.492 e. The Bertz CT molecular complexity index is 2000. The lowest BCUT2D eigenvalue weighted by atomic mass is 9.79. The molecule has 6 rings (SSSR count). The minimum atomic E-state index is -2.17. The Kier molecular flexibility index (Phi) is 7.68. The number of fused-ring (bicyclic) bond motifs is 4. The van der Waals surface area contributed by atoms with Crippen LogP contribution in [0.1, 0.15) is 42.5 Å². The van der Waals surface area contributed by atoms with Gasteiger partial charge in [-0.15, -0.1) is 4.73 Å². The fourth-order valence-corrected chi connectivity index (χ4v) is 11.4. The number of anilines is 1. The molecule has 1 amide bonds. The summed E-state index contributed by atoms with van der Waals surface area (Å²) in [6.45, 7) is 4.92. The molecule has 7 N–H and O–H groups in total. The van der Waals surface area contributed by atoms with Crippen molar-refractivity contribution in [2.75, 3.05) is 4.90 Å². The Labute approximate surface area is 283 Å². The molecule has 1 aromatic carbocycles. The summed E-state index contributed by atoms with van der Waals surface area (Å²) >= 11 is 1.34. The van der Waals surface area contributed by atoms with Gasteiger partial charge < -0.3 is 40.9 Å². The van der Waals surface area contributed by atoms with Gasteiger partial charge in [-0.1, -0.05) is 42.2 Å². The van der Waals surface area contributed by atoms with Gasteiger partial charge in [0.15, 0.2) is 0 Å². The Morgan fingerprint density at radius 3 is 1.98 bits per heavy atom. The van der Waals surface area contributed by atoms with E-state index in [0.717, 1.165) is 12.1 Å². The fourth-order valence-electron chi connectivity index (χ4n) is 6.46. The topological polar surface area (TPSA) is 248 Å². The van der Waals surface area contributed by atoms with E-state index in [2.05, 4.69) is 0 Å². The molecule has 0 radical (unpaired) electrons. The summed E-state index contributed by atoms with van der Waals surface area (Å²) in [6.07, 6.45) is -0.665. The predicted octanol–water partition coefficient (Wildman–Crippen LogP) is 4.00. The molecule has 15 nitrogen and oxygen atoms in total. The molecule has 0 fully saturated rings. The third kappa shape index (κ3) is 4.53. The number of aromatic nitrogens is 1. The zero-order chi connectivity index (χ0) is 35.2. The monoisotopic (exact) mass is 715 g/mol. The highest BCUT2D eigenvalue weighted by molar-refractivity contribution is 8.26. The number of carboxylic acid groups (broad SMARTS) is 4. The van der Waals surface area contributed by atoms with E-state index in [1.165, 1.54) is 4.90 Å². The molecule has 0 bridgehead atoms. The minimum Gasteiger partial charge on any atom is -0.492 e. The zero-order valence-corrected chi connectivity index (χ0v) is 27.6. The van der Waals surface area contributed by atoms with Crippen LogP contribution in [0.25, 0.3) is 5.57 Å². The van der Waals surface area contributed by atoms with Gasteiger partial charge in [0.1, 0.15) is 18.8 Å². The van der Waals surface area contributed by atoms with Gasteiger partial charge in [-0.3, -0.25) is 4.90 Å². The van der Waals surface area contributed by atoms with Gasteiger partial charge in [0.05, 0.1) is 16.8 Å². The van der Waals surface area contributed by atoms with E-state index in [-0.39, 0.29) is 41.0 Å². The molecule has 2 aromatic rings. The van der Waals surface area contributed by atoms with Crippen LogP contribution in [0.15, 0.2) is 43.4 Å². The van der Waals surface area contributed by atoms with E-state index in [1.54, 1.807) is 26.8 Å². The first-order valence-electron chi connectivity index (χ1n) is 14.1. The SMILES string of the molecule is CCC1(C)C2=C(c3cc4c(c(C)c3N1C(=O)On1c(O)ccc1O)CC(=N)C4)C1(SC(C(=O)O)=C(C(=O)O)S1)C(C(=O)O)=C(C(=O)O)S2. The van der Waals surface area contributed by atoms with Crippen LogP contribution >= 0.6 is 35.3 Å². The molecular formula is C30H25N3O12S3. The molecule has 250 valence electrons. The van der Waals surface area contributed by atoms with E-state index in [0.29, 0.717) is 62.4 Å². The molecule has 4 heterocycles. The number of hydrogen-bond donors (Lipinski definition) is 7. The van der Waals surface area contributed by atoms with Crippen LogP contribution < -0.4 is 9.74 Å². The number of nitrogens with one attached hydrogen (secondary N) is 1. The molecular weight excluding hydrogens is 691 g/mol. The molecule has 1 atom stereocenters. The number of nitrogens with zero attached hydrogens (tertiary/aromatic N) is 2. The first-order valence-corrected chi connectivity index (χ1v) is 16.5. The maximum absolute atomic E-state index is 14.3. The Morgan fingerprint density at radius 1 is 0.917 bits per heavy atom. The van der Waals surface area contributed by atoms with E-state index in [1.807, 2.05) is 0 Å². The van der Waals surface area contributed by atoms with Crippen molar-refractivity contribution in [3.63, 3.8) is 0 Å². The van der Waals surface area contributed by atoms with Crippen molar-refractivity contribution in [3.05, 3.63) is 65.6 Å². The maximum atomic E-state index is 14.3. The maximum Gasteiger partial charge on any atom is 0.440 e. The summed E-state index contributed by atoms with van der Waals surface area (Å²) in [6, 6.07) is 3.79. The van der Waals surface area contributed by atoms with E-state index in [4.69, 9.17) is 10.2 Å². The summed E-state index contributed by atoms with van der Waals surface area (Å²) in [4.78, 5) is 69.6. The molecule has 4 aliphatic rings. The normalized spacial score (nSPS) is 21.0. The lowest BCUT2D eigenvalue weighted by Crippen LogP contribution is -2.57. The number of carboxylic acids is 4. The average Bonchev–Trinajstić information content (AvgIpc) is 3.68. The third-order valence-electron chi connectivity index (χ3n) is 8.69. The average molecular weight is 716 g/mol. The van der Waals surface area contributed by atoms with E-state index < -0.39 is 71.6 Å². The fraction of sp³-hybridized carbons (Fsp3) is 0.267. The lowest BCUT2D eigenvalue weighted by Gasteiger charge is -2.51. The van der Waals surface area contributed by atoms with Crippen molar-refractivity contribution in [2.45, 2.75) is 49.7 Å². The lowest BCUT2D eigenvalue weighted by molar-refractivity contribution is -0.135. The van der Waals surface area contributed by atoms with Gasteiger partial charge in [0.2, 0.25) is 11.8 Å². The van der Waals surface area contributed by atoms with Crippen molar-refractivity contribution in [2.24, 2.45) is 0 Å². The number of aliphatic carboxylic acids is 4. The standard InChI is InChI=1S/C30H25N3O12S3/c1-4-29(3)23-17(30(18(24(36)37)20(46-23)25(38)39)47-21(26(40)41)22(48-30)27(42)43)14-8-11-7-12(31)9-13(11)10(2)19(14)32(29)28(44)45-33-15(34)5-6-16(33)35/h5-6,8,31,34-35H,4,7,9H2,1-3H3,(H,36,37)(H,38,39)(H,40,41)(H,42,43). The van der Waals surface area contributed by atoms with Gasteiger partial charge in [-0.25, -0.2) is 24.0 Å². The number of aromatic hydroxyl groups is 2. The van der Waals surface area contributed by atoms with Crippen LogP contribution in [0.5, 0.6) is 11.8 Å². The number of benzene rings is 1. The second kappa shape index (κ2) is 11.1. The number of carbonyl (C=O) groups is 5. The van der Waals surface area contributed by atoms with Crippen LogP contribution in [0.3, 0.4) is 0 Å². The molecule has 0 saturated carbocycles. The quantitative estimate of drug-likeness (QED) is 0.223. The summed E-state index contributed by atoms with van der Waals surface area (Å²) < 4.78 is -1.70. The zero-order valence-electron chi connectivity index (χ0n) is 25.1. The number of hydrogen-bond acceptors (Lipinski definition) is 12. The Hall–Kier alpha value is -4.81. The molecule has 1 aliphatic carbocycles. The smallest absolute Gasteiger partial charge is 0.440 e. The number of rotatable bonds is 6. The van der Waals surface area contributed by atoms with Gasteiger partial charge in [-0.05, 0) is 43.0 Å². The summed E-state index contributed by atoms with van der Waals surface area (Å²) in [5.74, 6) is -7.94. The van der Waals surface area contributed by atoms with Crippen molar-refractivity contribution >= 4 is 82.2 Å². The number of thioether (sulfide) groups is 3. The van der Waals surface area contributed by atoms with Crippen LogP contribution in [-0.4, -0.2) is 80.7 Å². The van der Waals surface area contributed by atoms with E-state index in [9.17, 15) is 54.6 Å². The molecule has 1 unspecified atom stereocenters. The molecule has 18 heteroatoms. The molecule has 0 saturated heterocycles. The Balaban J connectivity index is 1.73. The predicted molar refractivity (Wildman–Crippen MR) is 174 cm³/mol. The number of carbonyl (C=O) groups excluding carboxylic acids is 1. The first-order chi connectivity index (χ1) is 22.5. The Morgan fingerprint density at radius 2 is 1.48 bits per heavy atom. The second-order valence-corrected chi connectivity index (χ2v) is 15.1. The summed E-state index contributed by atoms with van der Waals surface area (Å²) in [5, 5.41) is 70.0. The van der Waals surface area contributed by atoms with Crippen LogP contribution in [0.4, 0.5) is 10.5 Å². The highest BCUT2D eigenvalue weighted by Crippen LogP contribution is 2.71. The first kappa shape index (κ1) is 33.1. The van der Waals surface area contributed by atoms with Crippen LogP contribution in [-0.2, 0) is 32.0 Å². The minimum absolute atomic E-state index is 0.0368. The van der Waals surface area contributed by atoms with Gasteiger partial charge in [-0.2, -0.15) is 0 Å². The summed E-state index contributed by atoms with van der Waals surface area (Å²) in [5.41, 5.74) is 0.292. The van der Waals surface area contributed by atoms with Crippen molar-refractivity contribution in [1.29, 1.82) is 5.41 Å². The van der Waals surface area contributed by atoms with Gasteiger partial charge in [0, 0.05) is 46.7 Å². The highest BCUT2D eigenvalue weighted by Gasteiger charge is 2.62. The van der Waals surface area contributed by atoms with Crippen molar-refractivity contribution < 1.29 is 59.4 Å². The molecule has 1 aromatic heterocycles. The molecule has 48 heavy (non-hydrogen) atoms. The highest BCUT2D eigenvalue weighted by atomic mass is 32.2. The molecule has 3 aliphatic heterocycles. The molecule has 1 spiro atoms. The van der Waals surface area contributed by atoms with Gasteiger partial charge >= 0.3 is 30.0 Å². The van der Waals surface area contributed by atoms with Crippen LogP contribution in [0, 0.1) is 12.3 Å². The summed E-state index contributed by atoms with van der Waals surface area (Å²) in [7, 11) is 0. The van der Waals surface area contributed by atoms with Gasteiger partial charge in [0.25, 0.3) is 0 Å². The second-order valence-electron chi connectivity index (χ2n) is 11.4. The van der Waals surface area contributed by atoms with Crippen molar-refractivity contribution in [1.82, 2.24) is 4.73 Å². The van der Waals surface area contributed by atoms with Crippen molar-refractivity contribution in [3.8, 4) is 11.8 Å². The van der Waals surface area contributed by atoms with Crippen LogP contribution in [0.2, 0.25) is 0 Å². The van der Waals surface area contributed by atoms with E-state index >= 15 is 0 Å². The third-order valence-corrected chi connectivity index (χ3v) is 13.3.